The molecule has 0 aromatic heterocycles. The number of hydrogen-bond donors (Lipinski definition) is 1. The predicted octanol–water partition coefficient (Wildman–Crippen LogP) is 2.04. The number of rotatable bonds is 5. The first kappa shape index (κ1) is 18.4. The van der Waals surface area contributed by atoms with Gasteiger partial charge in [0.15, 0.2) is 11.9 Å². The van der Waals surface area contributed by atoms with Crippen LogP contribution < -0.4 is 20.1 Å². The van der Waals surface area contributed by atoms with E-state index in [2.05, 4.69) is 54.6 Å². The van der Waals surface area contributed by atoms with Gasteiger partial charge in [-0.25, -0.2) is 4.21 Å². The molecular formula is C18H16NaO2PS. The number of benzene rings is 3. The van der Waals surface area contributed by atoms with Crippen LogP contribution in [0.2, 0.25) is 0 Å². The summed E-state index contributed by atoms with van der Waals surface area (Å²) in [5.74, 6) is 0.619. The summed E-state index contributed by atoms with van der Waals surface area (Å²) < 4.78 is 15.8. The van der Waals surface area contributed by atoms with E-state index in [1.54, 1.807) is 0 Å². The quantitative estimate of drug-likeness (QED) is 0.433. The summed E-state index contributed by atoms with van der Waals surface area (Å²) in [6.45, 7) is 0. The Morgan fingerprint density at radius 3 is 1.74 bits per heavy atom. The molecule has 0 aliphatic carbocycles. The Bertz CT molecular complexity index is 714. The standard InChI is InChI=1S/C18H15O2PS.Na.H/c19-22-20-15-8-7-13-18(14-15)21(16-9-3-1-4-10-16)17-11-5-2-6-12-17;;/h1-14,22H;;. The molecule has 0 N–H and O–H groups in total. The molecule has 0 unspecified atom stereocenters. The van der Waals surface area contributed by atoms with E-state index in [9.17, 15) is 4.21 Å². The summed E-state index contributed by atoms with van der Waals surface area (Å²) in [7, 11) is -0.658. The normalized spacial score (nSPS) is 10.1. The number of thiol groups is 1. The maximum absolute atomic E-state index is 10.7. The molecule has 3 aromatic carbocycles. The van der Waals surface area contributed by atoms with Crippen molar-refractivity contribution in [3.8, 4) is 5.75 Å². The van der Waals surface area contributed by atoms with Crippen molar-refractivity contribution in [1.82, 2.24) is 0 Å². The molecule has 0 amide bonds. The van der Waals surface area contributed by atoms with Crippen LogP contribution in [-0.4, -0.2) is 33.8 Å². The fraction of sp³-hybridized carbons (Fsp3) is 0. The fourth-order valence-corrected chi connectivity index (χ4v) is 4.85. The zero-order chi connectivity index (χ0) is 15.2. The van der Waals surface area contributed by atoms with Crippen LogP contribution in [0.5, 0.6) is 5.75 Å². The van der Waals surface area contributed by atoms with Crippen molar-refractivity contribution in [2.75, 3.05) is 0 Å². The van der Waals surface area contributed by atoms with E-state index >= 15 is 0 Å². The SMILES string of the molecule is O=[SH]Oc1cccc(P(c2ccccc2)c2ccccc2)c1.[NaH]. The first-order valence-corrected chi connectivity index (χ1v) is 8.95. The molecule has 0 aliphatic rings. The third-order valence-corrected chi connectivity index (χ3v) is 5.96. The molecule has 0 fully saturated rings. The number of hydrogen-bond acceptors (Lipinski definition) is 2. The van der Waals surface area contributed by atoms with Gasteiger partial charge in [0, 0.05) is 0 Å². The van der Waals surface area contributed by atoms with Crippen LogP contribution >= 0.6 is 7.92 Å². The van der Waals surface area contributed by atoms with E-state index in [1.165, 1.54) is 15.9 Å². The van der Waals surface area contributed by atoms with Gasteiger partial charge < -0.3 is 4.18 Å². The van der Waals surface area contributed by atoms with E-state index in [1.807, 2.05) is 30.3 Å². The molecule has 5 heteroatoms. The Labute approximate surface area is 163 Å². The van der Waals surface area contributed by atoms with Gasteiger partial charge in [-0.2, -0.15) is 0 Å². The summed E-state index contributed by atoms with van der Waals surface area (Å²) in [5, 5.41) is 3.73. The van der Waals surface area contributed by atoms with Crippen molar-refractivity contribution >= 4 is 65.3 Å². The molecule has 0 saturated heterocycles. The Morgan fingerprint density at radius 1 is 0.696 bits per heavy atom. The first-order chi connectivity index (χ1) is 10.9. The van der Waals surface area contributed by atoms with E-state index in [0.717, 1.165) is 0 Å². The molecule has 23 heavy (non-hydrogen) atoms. The molecule has 112 valence electrons. The fourth-order valence-electron chi connectivity index (χ4n) is 2.32. The van der Waals surface area contributed by atoms with Crippen molar-refractivity contribution in [3.05, 3.63) is 84.9 Å². The van der Waals surface area contributed by atoms with Crippen LogP contribution in [0.4, 0.5) is 0 Å². The Morgan fingerprint density at radius 2 is 1.22 bits per heavy atom. The maximum atomic E-state index is 10.7. The average Bonchev–Trinajstić information content (AvgIpc) is 2.58. The van der Waals surface area contributed by atoms with Crippen molar-refractivity contribution in [1.29, 1.82) is 0 Å². The monoisotopic (exact) mass is 350 g/mol. The van der Waals surface area contributed by atoms with Crippen molar-refractivity contribution in [3.63, 3.8) is 0 Å². The summed E-state index contributed by atoms with van der Waals surface area (Å²) in [6, 6.07) is 28.7. The van der Waals surface area contributed by atoms with Crippen LogP contribution in [-0.2, 0) is 11.9 Å². The van der Waals surface area contributed by atoms with Crippen molar-refractivity contribution in [2.45, 2.75) is 0 Å². The molecule has 0 spiro atoms. The van der Waals surface area contributed by atoms with Crippen LogP contribution in [0.25, 0.3) is 0 Å². The Hall–Kier alpha value is -0.960. The van der Waals surface area contributed by atoms with E-state index in [0.29, 0.717) is 5.75 Å². The molecule has 2 nitrogen and oxygen atoms in total. The van der Waals surface area contributed by atoms with Gasteiger partial charge in [0.25, 0.3) is 0 Å². The van der Waals surface area contributed by atoms with Crippen LogP contribution in [0.15, 0.2) is 84.9 Å². The zero-order valence-electron chi connectivity index (χ0n) is 11.8. The molecule has 3 rings (SSSR count). The minimum absolute atomic E-state index is 0. The molecule has 0 saturated carbocycles. The predicted molar refractivity (Wildman–Crippen MR) is 102 cm³/mol. The van der Waals surface area contributed by atoms with Crippen molar-refractivity contribution < 1.29 is 8.39 Å². The molecule has 3 aromatic rings. The summed E-state index contributed by atoms with van der Waals surface area (Å²) in [6.07, 6.45) is 0. The summed E-state index contributed by atoms with van der Waals surface area (Å²) in [4.78, 5) is 0. The van der Waals surface area contributed by atoms with Gasteiger partial charge in [0.05, 0.1) is 0 Å². The van der Waals surface area contributed by atoms with Crippen LogP contribution in [0, 0.1) is 0 Å². The van der Waals surface area contributed by atoms with Gasteiger partial charge in [0.1, 0.15) is 5.75 Å². The van der Waals surface area contributed by atoms with Gasteiger partial charge in [-0.05, 0) is 36.0 Å². The van der Waals surface area contributed by atoms with Gasteiger partial charge in [-0.1, -0.05) is 72.8 Å². The minimum atomic E-state index is -0.658. The summed E-state index contributed by atoms with van der Waals surface area (Å²) >= 11 is -0.330. The second kappa shape index (κ2) is 9.36. The Balaban J connectivity index is 0.00000192. The molecule has 0 bridgehead atoms. The van der Waals surface area contributed by atoms with Crippen LogP contribution in [0.3, 0.4) is 0 Å². The van der Waals surface area contributed by atoms with Crippen LogP contribution in [0.1, 0.15) is 0 Å². The second-order valence-electron chi connectivity index (χ2n) is 4.67. The molecule has 0 heterocycles. The second-order valence-corrected chi connectivity index (χ2v) is 7.22. The van der Waals surface area contributed by atoms with Gasteiger partial charge in [-0.15, -0.1) is 0 Å². The van der Waals surface area contributed by atoms with Crippen molar-refractivity contribution in [2.24, 2.45) is 0 Å². The molecule has 0 radical (unpaired) electrons. The van der Waals surface area contributed by atoms with Gasteiger partial charge in [-0.3, -0.25) is 0 Å². The third-order valence-electron chi connectivity index (χ3n) is 3.25. The third kappa shape index (κ3) is 4.76. The molecule has 0 aliphatic heterocycles. The first-order valence-electron chi connectivity index (χ1n) is 6.88. The van der Waals surface area contributed by atoms with E-state index in [4.69, 9.17) is 4.18 Å². The van der Waals surface area contributed by atoms with E-state index in [-0.39, 0.29) is 41.5 Å². The van der Waals surface area contributed by atoms with E-state index < -0.39 is 7.92 Å². The topological polar surface area (TPSA) is 26.3 Å². The Kier molecular flexibility index (Phi) is 7.48. The zero-order valence-corrected chi connectivity index (χ0v) is 13.6. The summed E-state index contributed by atoms with van der Waals surface area (Å²) in [5.41, 5.74) is 0. The average molecular weight is 350 g/mol. The molecular weight excluding hydrogens is 334 g/mol. The van der Waals surface area contributed by atoms with Gasteiger partial charge in [0.2, 0.25) is 0 Å². The molecule has 0 atom stereocenters. The van der Waals surface area contributed by atoms with Gasteiger partial charge >= 0.3 is 29.6 Å².